The second-order valence-electron chi connectivity index (χ2n) is 4.68. The first-order chi connectivity index (χ1) is 9.34. The van der Waals surface area contributed by atoms with Gasteiger partial charge in [-0.05, 0) is 19.1 Å². The minimum Gasteiger partial charge on any atom is -0.352 e. The smallest absolute Gasteiger partial charge is 0.233 e. The molecule has 1 aromatic carbocycles. The molecule has 0 aliphatic carbocycles. The molecule has 1 amide bonds. The lowest BCUT2D eigenvalue weighted by Gasteiger charge is -2.13. The number of sulfonamides is 1. The van der Waals surface area contributed by atoms with Gasteiger partial charge in [0.25, 0.3) is 0 Å². The Hall–Kier alpha value is -1.82. The van der Waals surface area contributed by atoms with Crippen LogP contribution in [0, 0.1) is 12.8 Å². The zero-order valence-electron chi connectivity index (χ0n) is 11.7. The van der Waals surface area contributed by atoms with Crippen molar-refractivity contribution in [2.45, 2.75) is 13.8 Å². The number of nitrogens with one attached hydrogen (secondary N) is 2. The number of carbonyl (C=O) groups is 1. The third kappa shape index (κ3) is 5.44. The van der Waals surface area contributed by atoms with Gasteiger partial charge in [0.1, 0.15) is 0 Å². The minimum absolute atomic E-state index is 0.260. The van der Waals surface area contributed by atoms with Gasteiger partial charge in [0.05, 0.1) is 11.7 Å². The van der Waals surface area contributed by atoms with Gasteiger partial charge in [-0.25, -0.2) is 8.42 Å². The summed E-state index contributed by atoms with van der Waals surface area (Å²) in [5.41, 5.74) is 1.54. The summed E-state index contributed by atoms with van der Waals surface area (Å²) >= 11 is 0. The number of aryl methyl sites for hydroxylation is 1. The van der Waals surface area contributed by atoms with E-state index in [4.69, 9.17) is 0 Å². The second kappa shape index (κ2) is 7.09. The van der Waals surface area contributed by atoms with Crippen LogP contribution < -0.4 is 10.0 Å². The lowest BCUT2D eigenvalue weighted by molar-refractivity contribution is -0.123. The molecule has 0 aliphatic rings. The van der Waals surface area contributed by atoms with E-state index in [0.717, 1.165) is 5.56 Å². The van der Waals surface area contributed by atoms with E-state index < -0.39 is 15.9 Å². The molecule has 6 heteroatoms. The van der Waals surface area contributed by atoms with Crippen molar-refractivity contribution in [3.05, 3.63) is 42.5 Å². The van der Waals surface area contributed by atoms with Crippen molar-refractivity contribution >= 4 is 21.6 Å². The van der Waals surface area contributed by atoms with Gasteiger partial charge in [0, 0.05) is 12.2 Å². The van der Waals surface area contributed by atoms with Crippen LogP contribution in [0.25, 0.3) is 0 Å². The Morgan fingerprint density at radius 2 is 1.95 bits per heavy atom. The fourth-order valence-corrected chi connectivity index (χ4v) is 2.98. The zero-order valence-corrected chi connectivity index (χ0v) is 12.5. The molecule has 0 heterocycles. The first-order valence-corrected chi connectivity index (χ1v) is 7.95. The van der Waals surface area contributed by atoms with E-state index in [1.807, 2.05) is 19.1 Å². The molecule has 1 aromatic rings. The molecule has 0 aromatic heterocycles. The van der Waals surface area contributed by atoms with E-state index in [1.54, 1.807) is 25.1 Å². The first-order valence-electron chi connectivity index (χ1n) is 6.30. The van der Waals surface area contributed by atoms with Crippen molar-refractivity contribution in [3.8, 4) is 0 Å². The molecular formula is C14H20N2O3S. The first kappa shape index (κ1) is 16.2. The Bertz CT molecular complexity index is 565. The SMILES string of the molecule is C=CCNC(=O)C(C)CS(=O)(=O)Nc1ccc(C)cc1. The van der Waals surface area contributed by atoms with Crippen LogP contribution in [-0.4, -0.2) is 26.6 Å². The van der Waals surface area contributed by atoms with E-state index in [-0.39, 0.29) is 11.7 Å². The molecule has 0 spiro atoms. The number of benzene rings is 1. The molecule has 1 atom stereocenters. The van der Waals surface area contributed by atoms with Crippen LogP contribution in [0.2, 0.25) is 0 Å². The molecule has 5 nitrogen and oxygen atoms in total. The molecule has 110 valence electrons. The molecule has 1 unspecified atom stereocenters. The standard InChI is InChI=1S/C14H20N2O3S/c1-4-9-15-14(17)12(3)10-20(18,19)16-13-7-5-11(2)6-8-13/h4-8,12,16H,1,9-10H2,2-3H3,(H,15,17). The van der Waals surface area contributed by atoms with E-state index >= 15 is 0 Å². The van der Waals surface area contributed by atoms with Gasteiger partial charge in [0.15, 0.2) is 0 Å². The molecule has 0 saturated carbocycles. The fourth-order valence-electron chi connectivity index (χ4n) is 1.59. The molecule has 0 saturated heterocycles. The average Bonchev–Trinajstić information content (AvgIpc) is 2.37. The zero-order chi connectivity index (χ0) is 15.2. The Morgan fingerprint density at radius 3 is 2.50 bits per heavy atom. The maximum Gasteiger partial charge on any atom is 0.233 e. The summed E-state index contributed by atoms with van der Waals surface area (Å²) in [6, 6.07) is 7.01. The monoisotopic (exact) mass is 296 g/mol. The molecule has 0 bridgehead atoms. The molecule has 20 heavy (non-hydrogen) atoms. The van der Waals surface area contributed by atoms with E-state index in [0.29, 0.717) is 12.2 Å². The van der Waals surface area contributed by atoms with Crippen molar-refractivity contribution in [3.63, 3.8) is 0 Å². The molecule has 0 aliphatic heterocycles. The van der Waals surface area contributed by atoms with Gasteiger partial charge in [-0.15, -0.1) is 6.58 Å². The van der Waals surface area contributed by atoms with Crippen molar-refractivity contribution in [2.75, 3.05) is 17.0 Å². The average molecular weight is 296 g/mol. The minimum atomic E-state index is -3.55. The van der Waals surface area contributed by atoms with Crippen LogP contribution >= 0.6 is 0 Å². The molecule has 0 fully saturated rings. The van der Waals surface area contributed by atoms with Crippen molar-refractivity contribution in [2.24, 2.45) is 5.92 Å². The Balaban J connectivity index is 2.63. The highest BCUT2D eigenvalue weighted by molar-refractivity contribution is 7.92. The second-order valence-corrected chi connectivity index (χ2v) is 6.45. The van der Waals surface area contributed by atoms with Crippen molar-refractivity contribution < 1.29 is 13.2 Å². The number of hydrogen-bond donors (Lipinski definition) is 2. The highest BCUT2D eigenvalue weighted by atomic mass is 32.2. The highest BCUT2D eigenvalue weighted by Crippen LogP contribution is 2.12. The van der Waals surface area contributed by atoms with Crippen LogP contribution in [0.4, 0.5) is 5.69 Å². The van der Waals surface area contributed by atoms with Gasteiger partial charge in [-0.1, -0.05) is 30.7 Å². The number of anilines is 1. The van der Waals surface area contributed by atoms with Crippen molar-refractivity contribution in [1.29, 1.82) is 0 Å². The Morgan fingerprint density at radius 1 is 1.35 bits per heavy atom. The highest BCUT2D eigenvalue weighted by Gasteiger charge is 2.21. The molecule has 1 rings (SSSR count). The van der Waals surface area contributed by atoms with Crippen LogP contribution in [-0.2, 0) is 14.8 Å². The maximum atomic E-state index is 12.0. The normalized spacial score (nSPS) is 12.5. The van der Waals surface area contributed by atoms with Crippen molar-refractivity contribution in [1.82, 2.24) is 5.32 Å². The summed E-state index contributed by atoms with van der Waals surface area (Å²) in [6.45, 7) is 7.31. The number of rotatable bonds is 7. The lowest BCUT2D eigenvalue weighted by Crippen LogP contribution is -2.34. The fraction of sp³-hybridized carbons (Fsp3) is 0.357. The van der Waals surface area contributed by atoms with Crippen LogP contribution in [0.3, 0.4) is 0 Å². The van der Waals surface area contributed by atoms with E-state index in [2.05, 4.69) is 16.6 Å². The van der Waals surface area contributed by atoms with E-state index in [1.165, 1.54) is 0 Å². The summed E-state index contributed by atoms with van der Waals surface area (Å²) in [7, 11) is -3.55. The van der Waals surface area contributed by atoms with Gasteiger partial charge in [-0.3, -0.25) is 9.52 Å². The largest absolute Gasteiger partial charge is 0.352 e. The number of hydrogen-bond acceptors (Lipinski definition) is 3. The summed E-state index contributed by atoms with van der Waals surface area (Å²) in [6.07, 6.45) is 1.55. The summed E-state index contributed by atoms with van der Waals surface area (Å²) in [5, 5.41) is 2.58. The maximum absolute atomic E-state index is 12.0. The number of carbonyl (C=O) groups excluding carboxylic acids is 1. The lowest BCUT2D eigenvalue weighted by atomic mass is 10.2. The predicted octanol–water partition coefficient (Wildman–Crippen LogP) is 1.68. The predicted molar refractivity (Wildman–Crippen MR) is 81.0 cm³/mol. The third-order valence-corrected chi connectivity index (χ3v) is 4.15. The summed E-state index contributed by atoms with van der Waals surface area (Å²) in [5.74, 6) is -1.19. The summed E-state index contributed by atoms with van der Waals surface area (Å²) in [4.78, 5) is 11.6. The van der Waals surface area contributed by atoms with Gasteiger partial charge < -0.3 is 5.32 Å². The van der Waals surface area contributed by atoms with E-state index in [9.17, 15) is 13.2 Å². The Labute approximate surface area is 120 Å². The Kier molecular flexibility index (Phi) is 5.76. The molecular weight excluding hydrogens is 276 g/mol. The summed E-state index contributed by atoms with van der Waals surface area (Å²) < 4.78 is 26.4. The van der Waals surface area contributed by atoms with Crippen LogP contribution in [0.1, 0.15) is 12.5 Å². The van der Waals surface area contributed by atoms with Gasteiger partial charge >= 0.3 is 0 Å². The van der Waals surface area contributed by atoms with Gasteiger partial charge in [-0.2, -0.15) is 0 Å². The molecule has 2 N–H and O–H groups in total. The topological polar surface area (TPSA) is 75.3 Å². The molecule has 0 radical (unpaired) electrons. The van der Waals surface area contributed by atoms with Crippen LogP contribution in [0.5, 0.6) is 0 Å². The quantitative estimate of drug-likeness (QED) is 0.752. The van der Waals surface area contributed by atoms with Gasteiger partial charge in [0.2, 0.25) is 15.9 Å². The number of amides is 1. The van der Waals surface area contributed by atoms with Crippen LogP contribution in [0.15, 0.2) is 36.9 Å². The third-order valence-electron chi connectivity index (χ3n) is 2.66.